The molecular formula is C74H97IN6O25S3. The number of carbonyl (C=O) groups is 6. The van der Waals surface area contributed by atoms with Crippen LogP contribution in [0.4, 0.5) is 4.79 Å². The van der Waals surface area contributed by atoms with Gasteiger partial charge < -0.3 is 97.3 Å². The summed E-state index contributed by atoms with van der Waals surface area (Å²) in [6, 6.07) is 5.31. The van der Waals surface area contributed by atoms with E-state index in [2.05, 4.69) is 56.9 Å². The average molecular weight is 1690 g/mol. The number of aliphatic hydroxyl groups excluding tert-OH is 4. The monoisotopic (exact) mass is 1690 g/mol. The van der Waals surface area contributed by atoms with Crippen molar-refractivity contribution in [1.82, 2.24) is 26.4 Å². The standard InChI is InChI=1S/C74H97IN6O25S3/c1-16-81(42(7)82)46-36-99-53(33-50(46)93-11)104-66-61(88)58(80-106-54-32-47(83)68(41(6)100-54)108-69(90)55-37(2)57(75)64(67(96-14)63(55)94-12)105-70-62(89)65(95-13)60(87)40(5)102-70)39(4)101-71(66)103-49-22-19-17-18-20-29-74(92)34-48(84)59(77-72(91)97-15)56(49)45(74)28-31-107-109-73(8,9)35-52(86)79-78-38(3)43-24-26-44(27-25-43)98-30-21-23-51(85)76-10/h16-18,24-28,39-41,46-47,49-50,53-54,58,60-62,65-66,68,70-71,80,83,87-89,92H,1,21,23,30-36H2,2-15H3,(H,76,85)(H,77,91)(H,79,86)/b18-17-,45-28+,78-38+/t39?,40?,41?,46?,47?,49-,50?,53?,54?,58?,60?,61?,62?,65?,66?,68?,70?,71?,74-/m0/s1. The van der Waals surface area contributed by atoms with Crippen molar-refractivity contribution in [2.24, 2.45) is 5.10 Å². The molecule has 8 rings (SSSR count). The molecular weight excluding hydrogens is 1600 g/mol. The molecule has 109 heavy (non-hydrogen) atoms. The molecule has 2 aromatic rings. The molecule has 0 radical (unpaired) electrons. The Morgan fingerprint density at radius 1 is 0.862 bits per heavy atom. The number of nitrogens with zero attached hydrogens (tertiary/aromatic N) is 2. The second-order valence-corrected chi connectivity index (χ2v) is 32.0. The van der Waals surface area contributed by atoms with Crippen LogP contribution in [0.15, 0.2) is 77.2 Å². The van der Waals surface area contributed by atoms with Gasteiger partial charge in [0.1, 0.15) is 42.4 Å². The Hall–Kier alpha value is -6.41. The number of methoxy groups -OCH3 is 5. The average Bonchev–Trinajstić information content (AvgIpc) is 0.754. The largest absolute Gasteiger partial charge is 0.494 e. The molecule has 2 bridgehead atoms. The number of rotatable bonds is 31. The van der Waals surface area contributed by atoms with E-state index < -0.39 is 143 Å². The highest BCUT2D eigenvalue weighted by Gasteiger charge is 2.53. The fourth-order valence-electron chi connectivity index (χ4n) is 12.9. The molecule has 0 spiro atoms. The van der Waals surface area contributed by atoms with Crippen LogP contribution < -0.4 is 40.5 Å². The van der Waals surface area contributed by atoms with Gasteiger partial charge in [0.2, 0.25) is 34.9 Å². The molecule has 598 valence electrons. The maximum absolute atomic E-state index is 14.6. The van der Waals surface area contributed by atoms with Crippen molar-refractivity contribution in [3.05, 3.63) is 92.4 Å². The van der Waals surface area contributed by atoms with Gasteiger partial charge in [0, 0.05) is 81.7 Å². The summed E-state index contributed by atoms with van der Waals surface area (Å²) in [5.74, 6) is 10.7. The topological polar surface area (TPSA) is 397 Å². The summed E-state index contributed by atoms with van der Waals surface area (Å²) in [6.07, 6.45) is -13.9. The van der Waals surface area contributed by atoms with Crippen LogP contribution in [0.25, 0.3) is 0 Å². The fourth-order valence-corrected chi connectivity index (χ4v) is 17.0. The van der Waals surface area contributed by atoms with Gasteiger partial charge in [0.15, 0.2) is 41.8 Å². The van der Waals surface area contributed by atoms with E-state index >= 15 is 0 Å². The SMILES string of the molecule is C=CN(C(C)=O)C1COC(OC2C(O[C@H]3C#C/C=C\C#C[C@]4(O)CC(=O)C(NC(=O)OC)=C3/C4=C\CSSC(C)(C)CC(=O)N/N=C(\C)c3ccc(OCCCC(=O)NC)cc3)OC(C)C(NOC3CC(O)C(SC(=O)c4c(C)c(I)c(OC5OC(C)C(O)C(OC)C5O)c(OC)c4OC)C(C)O3)C2O)CC1OC. The number of aliphatic hydroxyl groups is 5. The van der Waals surface area contributed by atoms with Crippen LogP contribution >= 0.6 is 55.9 Å². The Morgan fingerprint density at radius 3 is 2.22 bits per heavy atom. The predicted molar refractivity (Wildman–Crippen MR) is 409 cm³/mol. The summed E-state index contributed by atoms with van der Waals surface area (Å²) in [7, 11) is 10.8. The van der Waals surface area contributed by atoms with Crippen LogP contribution in [0.2, 0.25) is 0 Å². The Bertz CT molecular complexity index is 3850. The van der Waals surface area contributed by atoms with Gasteiger partial charge in [-0.25, -0.2) is 10.2 Å². The van der Waals surface area contributed by atoms with E-state index in [-0.39, 0.29) is 89.0 Å². The molecule has 4 amide bonds. The van der Waals surface area contributed by atoms with Crippen LogP contribution in [0, 0.1) is 34.2 Å². The summed E-state index contributed by atoms with van der Waals surface area (Å²) >= 11 is 2.77. The molecule has 2 aromatic carbocycles. The van der Waals surface area contributed by atoms with Crippen LogP contribution in [-0.4, -0.2) is 252 Å². The number of hydrogen-bond donors (Lipinski definition) is 9. The van der Waals surface area contributed by atoms with Gasteiger partial charge in [0.05, 0.1) is 109 Å². The third kappa shape index (κ3) is 22.1. The number of hydrogen-bond acceptors (Lipinski definition) is 30. The van der Waals surface area contributed by atoms with Gasteiger partial charge in [-0.05, 0) is 125 Å². The van der Waals surface area contributed by atoms with Gasteiger partial charge in [-0.15, -0.1) is 0 Å². The molecule has 17 unspecified atom stereocenters. The number of nitrogens with one attached hydrogen (secondary N) is 4. The molecule has 2 aliphatic carbocycles. The number of halogens is 1. The number of amides is 4. The van der Waals surface area contributed by atoms with Crippen molar-refractivity contribution in [3.8, 4) is 46.7 Å². The number of ketones is 1. The number of fused-ring (bicyclic) bond motifs is 2. The maximum atomic E-state index is 14.6. The summed E-state index contributed by atoms with van der Waals surface area (Å²) < 4.78 is 78.1. The number of alkyl carbamates (subject to hydrolysis) is 1. The van der Waals surface area contributed by atoms with Crippen molar-refractivity contribution in [2.75, 3.05) is 61.6 Å². The molecule has 4 aliphatic heterocycles. The summed E-state index contributed by atoms with van der Waals surface area (Å²) in [5, 5.41) is 67.1. The third-order valence-electron chi connectivity index (χ3n) is 18.7. The zero-order chi connectivity index (χ0) is 79.8. The van der Waals surface area contributed by atoms with Gasteiger partial charge in [0.25, 0.3) is 0 Å². The molecule has 19 atom stereocenters. The van der Waals surface area contributed by atoms with Gasteiger partial charge in [-0.2, -0.15) is 10.6 Å². The minimum atomic E-state index is -2.23. The number of ether oxygens (including phenoxy) is 13. The number of benzene rings is 2. The van der Waals surface area contributed by atoms with Crippen LogP contribution in [0.3, 0.4) is 0 Å². The first-order valence-electron chi connectivity index (χ1n) is 35.0. The summed E-state index contributed by atoms with van der Waals surface area (Å²) in [4.78, 5) is 87.7. The van der Waals surface area contributed by atoms with E-state index in [9.17, 15) is 54.3 Å². The number of hydroxylamine groups is 1. The maximum Gasteiger partial charge on any atom is 0.411 e. The first kappa shape index (κ1) is 88.2. The molecule has 9 N–H and O–H groups in total. The Labute approximate surface area is 659 Å². The first-order chi connectivity index (χ1) is 51.9. The lowest BCUT2D eigenvalue weighted by Gasteiger charge is -2.47. The van der Waals surface area contributed by atoms with Crippen LogP contribution in [-0.2, 0) is 66.6 Å². The van der Waals surface area contributed by atoms with Crippen molar-refractivity contribution >= 4 is 96.4 Å². The van der Waals surface area contributed by atoms with Crippen molar-refractivity contribution < 1.29 is 121 Å². The van der Waals surface area contributed by atoms with Crippen LogP contribution in [0.1, 0.15) is 108 Å². The number of thioether (sulfide) groups is 1. The number of allylic oxidation sites excluding steroid dienone is 3. The molecule has 6 aliphatic rings. The molecule has 35 heteroatoms. The van der Waals surface area contributed by atoms with Gasteiger partial charge in [-0.3, -0.25) is 34.1 Å². The lowest BCUT2D eigenvalue weighted by Crippen LogP contribution is -2.65. The Balaban J connectivity index is 1.01. The quantitative estimate of drug-likeness (QED) is 0.0121. The predicted octanol–water partition coefficient (Wildman–Crippen LogP) is 4.92. The Kier molecular flexibility index (Phi) is 32.6. The van der Waals surface area contributed by atoms with E-state index in [1.165, 1.54) is 80.2 Å². The zero-order valence-electron chi connectivity index (χ0n) is 63.0. The molecule has 4 saturated heterocycles. The highest BCUT2D eigenvalue weighted by molar-refractivity contribution is 14.1. The molecule has 4 heterocycles. The van der Waals surface area contributed by atoms with E-state index in [0.29, 0.717) is 40.0 Å². The Morgan fingerprint density at radius 2 is 1.57 bits per heavy atom. The van der Waals surface area contributed by atoms with Crippen molar-refractivity contribution in [1.29, 1.82) is 0 Å². The van der Waals surface area contributed by atoms with E-state index in [4.69, 9.17) is 66.4 Å². The van der Waals surface area contributed by atoms with E-state index in [1.807, 2.05) is 48.6 Å². The normalized spacial score (nSPS) is 30.4. The molecule has 0 aromatic heterocycles. The second-order valence-electron chi connectivity index (χ2n) is 26.8. The summed E-state index contributed by atoms with van der Waals surface area (Å²) in [6.45, 7) is 17.4. The van der Waals surface area contributed by atoms with E-state index in [0.717, 1.165) is 24.4 Å². The second kappa shape index (κ2) is 40.4. The highest BCUT2D eigenvalue weighted by Crippen LogP contribution is 2.50. The van der Waals surface area contributed by atoms with E-state index in [1.54, 1.807) is 59.9 Å². The lowest BCUT2D eigenvalue weighted by molar-refractivity contribution is -0.337. The summed E-state index contributed by atoms with van der Waals surface area (Å²) in [5.41, 5.74) is 4.57. The number of carbonyl (C=O) groups excluding carboxylic acids is 6. The molecule has 4 fully saturated rings. The minimum absolute atomic E-state index is 0.00437. The number of hydrazone groups is 1. The highest BCUT2D eigenvalue weighted by atomic mass is 127. The smallest absolute Gasteiger partial charge is 0.411 e. The zero-order valence-corrected chi connectivity index (χ0v) is 67.6. The fraction of sp³-hybridized carbons (Fsp3) is 0.581. The van der Waals surface area contributed by atoms with Gasteiger partial charge in [-0.1, -0.05) is 69.7 Å². The van der Waals surface area contributed by atoms with Crippen molar-refractivity contribution in [2.45, 2.75) is 214 Å². The first-order valence-corrected chi connectivity index (χ1v) is 39.3. The molecule has 0 saturated carbocycles. The van der Waals surface area contributed by atoms with Crippen LogP contribution in [0.5, 0.6) is 23.0 Å². The van der Waals surface area contributed by atoms with Gasteiger partial charge >= 0.3 is 6.09 Å². The third-order valence-corrected chi connectivity index (χ3v) is 24.5. The molecule has 31 nitrogen and oxygen atoms in total. The lowest BCUT2D eigenvalue weighted by atomic mass is 9.75. The number of Topliss-reactive ketones (excluding diaryl/α,β-unsaturated/α-hetero) is 1. The minimum Gasteiger partial charge on any atom is -0.494 e. The van der Waals surface area contributed by atoms with Crippen molar-refractivity contribution in [3.63, 3.8) is 0 Å².